The molecule has 0 aromatic heterocycles. The lowest BCUT2D eigenvalue weighted by Crippen LogP contribution is -2.25. The van der Waals surface area contributed by atoms with Crippen LogP contribution in [-0.2, 0) is 20.7 Å². The second-order valence-corrected chi connectivity index (χ2v) is 8.93. The van der Waals surface area contributed by atoms with Gasteiger partial charge in [-0.1, -0.05) is 55.8 Å². The third kappa shape index (κ3) is 7.53. The number of carbonyl (C=O) groups excluding carboxylic acids is 3. The molecule has 0 spiro atoms. The summed E-state index contributed by atoms with van der Waals surface area (Å²) in [6.45, 7) is 2.26. The van der Waals surface area contributed by atoms with E-state index >= 15 is 0 Å². The van der Waals surface area contributed by atoms with Crippen LogP contribution in [0.3, 0.4) is 0 Å². The maximum atomic E-state index is 12.3. The number of methoxy groups -OCH3 is 1. The van der Waals surface area contributed by atoms with Crippen molar-refractivity contribution in [2.24, 2.45) is 0 Å². The van der Waals surface area contributed by atoms with Crippen LogP contribution >= 0.6 is 11.8 Å². The molecule has 0 radical (unpaired) electrons. The van der Waals surface area contributed by atoms with E-state index in [0.29, 0.717) is 18.6 Å². The molecule has 176 valence electrons. The minimum absolute atomic E-state index is 0.167. The Labute approximate surface area is 198 Å². The van der Waals surface area contributed by atoms with Gasteiger partial charge in [0, 0.05) is 6.42 Å². The lowest BCUT2D eigenvalue weighted by atomic mass is 10.1. The van der Waals surface area contributed by atoms with Gasteiger partial charge in [0.2, 0.25) is 5.91 Å². The van der Waals surface area contributed by atoms with E-state index in [-0.39, 0.29) is 23.7 Å². The molecule has 2 atom stereocenters. The highest BCUT2D eigenvalue weighted by Gasteiger charge is 2.31. The SMILES string of the molecule is CCCCCC(=O)OC(COc1ccc(CC2SC(=O)NC2=O)cc1)c1ccc(OC)cc1. The highest BCUT2D eigenvalue weighted by atomic mass is 32.2. The van der Waals surface area contributed by atoms with E-state index in [1.807, 2.05) is 48.5 Å². The Bertz CT molecular complexity index is 944. The van der Waals surface area contributed by atoms with Crippen molar-refractivity contribution in [1.82, 2.24) is 5.32 Å². The van der Waals surface area contributed by atoms with E-state index in [2.05, 4.69) is 12.2 Å². The van der Waals surface area contributed by atoms with Crippen LogP contribution in [0.5, 0.6) is 11.5 Å². The molecular weight excluding hydrogens is 442 g/mol. The Morgan fingerprint density at radius 1 is 1.03 bits per heavy atom. The van der Waals surface area contributed by atoms with Crippen molar-refractivity contribution >= 4 is 28.9 Å². The molecule has 1 aliphatic rings. The lowest BCUT2D eigenvalue weighted by molar-refractivity contribution is -0.151. The molecule has 2 aromatic carbocycles. The molecule has 1 N–H and O–H groups in total. The summed E-state index contributed by atoms with van der Waals surface area (Å²) < 4.78 is 16.9. The van der Waals surface area contributed by atoms with Gasteiger partial charge in [-0.05, 0) is 48.2 Å². The highest BCUT2D eigenvalue weighted by molar-refractivity contribution is 8.15. The molecule has 1 aliphatic heterocycles. The monoisotopic (exact) mass is 471 g/mol. The molecule has 2 unspecified atom stereocenters. The van der Waals surface area contributed by atoms with Gasteiger partial charge in [0.05, 0.1) is 12.4 Å². The van der Waals surface area contributed by atoms with Gasteiger partial charge in [0.1, 0.15) is 18.1 Å². The van der Waals surface area contributed by atoms with Crippen molar-refractivity contribution in [3.63, 3.8) is 0 Å². The third-order valence-corrected chi connectivity index (χ3v) is 6.24. The molecule has 1 saturated heterocycles. The average Bonchev–Trinajstić information content (AvgIpc) is 3.14. The first-order chi connectivity index (χ1) is 16.0. The van der Waals surface area contributed by atoms with E-state index in [1.54, 1.807) is 7.11 Å². The molecule has 33 heavy (non-hydrogen) atoms. The molecule has 2 amide bonds. The molecule has 7 nitrogen and oxygen atoms in total. The van der Waals surface area contributed by atoms with Crippen molar-refractivity contribution < 1.29 is 28.6 Å². The molecule has 3 rings (SSSR count). The van der Waals surface area contributed by atoms with Crippen LogP contribution in [0.15, 0.2) is 48.5 Å². The number of rotatable bonds is 12. The number of thioether (sulfide) groups is 1. The van der Waals surface area contributed by atoms with Crippen molar-refractivity contribution in [2.75, 3.05) is 13.7 Å². The number of unbranched alkanes of at least 4 members (excludes halogenated alkanes) is 2. The molecule has 0 saturated carbocycles. The second kappa shape index (κ2) is 12.3. The Hall–Kier alpha value is -3.00. The van der Waals surface area contributed by atoms with Gasteiger partial charge in [-0.25, -0.2) is 0 Å². The first-order valence-electron chi connectivity index (χ1n) is 11.0. The van der Waals surface area contributed by atoms with Crippen molar-refractivity contribution in [1.29, 1.82) is 0 Å². The fourth-order valence-electron chi connectivity index (χ4n) is 3.39. The molecule has 2 aromatic rings. The van der Waals surface area contributed by atoms with Crippen LogP contribution in [-0.4, -0.2) is 36.1 Å². The summed E-state index contributed by atoms with van der Waals surface area (Å²) in [5.41, 5.74) is 1.75. The van der Waals surface area contributed by atoms with Crippen LogP contribution in [0.4, 0.5) is 4.79 Å². The zero-order valence-corrected chi connectivity index (χ0v) is 19.7. The van der Waals surface area contributed by atoms with E-state index in [4.69, 9.17) is 14.2 Å². The maximum Gasteiger partial charge on any atom is 0.306 e. The van der Waals surface area contributed by atoms with Crippen LogP contribution in [0.2, 0.25) is 0 Å². The summed E-state index contributed by atoms with van der Waals surface area (Å²) in [7, 11) is 1.60. The predicted octanol–water partition coefficient (Wildman–Crippen LogP) is 4.83. The number of imide groups is 1. The van der Waals surface area contributed by atoms with Crippen LogP contribution in [0, 0.1) is 0 Å². The van der Waals surface area contributed by atoms with Crippen LogP contribution < -0.4 is 14.8 Å². The average molecular weight is 472 g/mol. The van der Waals surface area contributed by atoms with Gasteiger partial charge >= 0.3 is 5.97 Å². The van der Waals surface area contributed by atoms with Crippen LogP contribution in [0.25, 0.3) is 0 Å². The first-order valence-corrected chi connectivity index (χ1v) is 11.9. The third-order valence-electron chi connectivity index (χ3n) is 5.26. The summed E-state index contributed by atoms with van der Waals surface area (Å²) in [6, 6.07) is 14.7. The summed E-state index contributed by atoms with van der Waals surface area (Å²) in [5.74, 6) is 0.844. The lowest BCUT2D eigenvalue weighted by Gasteiger charge is -2.19. The normalized spacial score (nSPS) is 16.2. The number of hydrogen-bond acceptors (Lipinski definition) is 7. The molecule has 0 aliphatic carbocycles. The molecular formula is C25H29NO6S. The minimum atomic E-state index is -0.547. The zero-order valence-electron chi connectivity index (χ0n) is 18.9. The number of hydrogen-bond donors (Lipinski definition) is 1. The summed E-state index contributed by atoms with van der Waals surface area (Å²) in [5, 5.41) is 1.58. The van der Waals surface area contributed by atoms with E-state index < -0.39 is 11.4 Å². The van der Waals surface area contributed by atoms with Gasteiger partial charge in [-0.15, -0.1) is 0 Å². The van der Waals surface area contributed by atoms with Crippen molar-refractivity contribution in [3.8, 4) is 11.5 Å². The molecule has 0 bridgehead atoms. The van der Waals surface area contributed by atoms with E-state index in [0.717, 1.165) is 47.9 Å². The highest BCUT2D eigenvalue weighted by Crippen LogP contribution is 2.26. The van der Waals surface area contributed by atoms with Crippen LogP contribution in [0.1, 0.15) is 49.8 Å². The Balaban J connectivity index is 1.60. The predicted molar refractivity (Wildman–Crippen MR) is 127 cm³/mol. The Morgan fingerprint density at radius 3 is 2.33 bits per heavy atom. The van der Waals surface area contributed by atoms with Gasteiger partial charge in [-0.2, -0.15) is 0 Å². The number of benzene rings is 2. The maximum absolute atomic E-state index is 12.3. The van der Waals surface area contributed by atoms with Crippen molar-refractivity contribution in [2.45, 2.75) is 50.4 Å². The standard InChI is InChI=1S/C25H29NO6S/c1-3-4-5-6-23(27)32-21(18-9-13-19(30-2)14-10-18)16-31-20-11-7-17(8-12-20)15-22-24(28)26-25(29)33-22/h7-14,21-22H,3-6,15-16H2,1-2H3,(H,26,28,29). The van der Waals surface area contributed by atoms with Crippen molar-refractivity contribution in [3.05, 3.63) is 59.7 Å². The minimum Gasteiger partial charge on any atom is -0.497 e. The topological polar surface area (TPSA) is 90.9 Å². The molecule has 1 heterocycles. The Morgan fingerprint density at radius 2 is 1.73 bits per heavy atom. The smallest absolute Gasteiger partial charge is 0.306 e. The number of ether oxygens (including phenoxy) is 3. The summed E-state index contributed by atoms with van der Waals surface area (Å²) in [6.07, 6.45) is 3.12. The summed E-state index contributed by atoms with van der Waals surface area (Å²) in [4.78, 5) is 35.4. The van der Waals surface area contributed by atoms with Gasteiger partial charge in [0.25, 0.3) is 5.24 Å². The Kier molecular flexibility index (Phi) is 9.18. The second-order valence-electron chi connectivity index (χ2n) is 7.75. The van der Waals surface area contributed by atoms with Gasteiger partial charge < -0.3 is 14.2 Å². The number of carbonyl (C=O) groups is 3. The number of nitrogens with one attached hydrogen (secondary N) is 1. The van der Waals surface area contributed by atoms with E-state index in [9.17, 15) is 14.4 Å². The number of amides is 2. The quantitative estimate of drug-likeness (QED) is 0.350. The molecule has 8 heteroatoms. The van der Waals surface area contributed by atoms with Gasteiger partial charge in [-0.3, -0.25) is 19.7 Å². The zero-order chi connectivity index (χ0) is 23.6. The largest absolute Gasteiger partial charge is 0.497 e. The first kappa shape index (κ1) is 24.6. The number of esters is 1. The summed E-state index contributed by atoms with van der Waals surface area (Å²) >= 11 is 1.01. The fraction of sp³-hybridized carbons (Fsp3) is 0.400. The molecule has 1 fully saturated rings. The van der Waals surface area contributed by atoms with E-state index in [1.165, 1.54) is 0 Å². The van der Waals surface area contributed by atoms with Gasteiger partial charge in [0.15, 0.2) is 6.10 Å². The fourth-order valence-corrected chi connectivity index (χ4v) is 4.25.